The molecule has 6 rings (SSSR count). The number of aliphatic hydroxyl groups excluding tert-OH is 1. The molecule has 3 amide bonds. The van der Waals surface area contributed by atoms with Crippen molar-refractivity contribution in [3.63, 3.8) is 0 Å². The maximum absolute atomic E-state index is 12.7. The standard InChI is InChI=1S/C31H42N2O9/c1-29-11-9-19(32-24(35)5-8-27(38)42-33-25(36)6-7-26(33)37)14-18(29)3-4-21-22(29)15-23(34)30(2)20(10-12-31(21,30)40)17-13-28(39)41-16-17/h13,18-23,34,40H,3-12,14-16H2,1-2H3,(H,32,35)/t18-,19+,20?,21-,22+,23?,29+,30?,31+/m1/s1. The number of nitrogens with zero attached hydrogens (tertiary/aromatic N) is 1. The van der Waals surface area contributed by atoms with Crippen LogP contribution in [-0.2, 0) is 33.5 Å². The molecule has 4 saturated carbocycles. The van der Waals surface area contributed by atoms with Gasteiger partial charge in [-0.3, -0.25) is 14.4 Å². The van der Waals surface area contributed by atoms with E-state index in [1.165, 1.54) is 0 Å². The summed E-state index contributed by atoms with van der Waals surface area (Å²) in [5.74, 6) is -2.06. The Bertz CT molecular complexity index is 1220. The van der Waals surface area contributed by atoms with Gasteiger partial charge < -0.3 is 25.1 Å². The van der Waals surface area contributed by atoms with Crippen molar-refractivity contribution >= 4 is 29.7 Å². The number of carbonyl (C=O) groups excluding carboxylic acids is 5. The third kappa shape index (κ3) is 4.49. The van der Waals surface area contributed by atoms with Crippen molar-refractivity contribution in [2.24, 2.45) is 34.5 Å². The molecule has 3 N–H and O–H groups in total. The van der Waals surface area contributed by atoms with Gasteiger partial charge in [-0.05, 0) is 86.0 Å². The van der Waals surface area contributed by atoms with Crippen LogP contribution in [-0.4, -0.2) is 69.3 Å². The van der Waals surface area contributed by atoms with Crippen molar-refractivity contribution in [2.75, 3.05) is 6.61 Å². The number of esters is 1. The Morgan fingerprint density at radius 2 is 1.76 bits per heavy atom. The summed E-state index contributed by atoms with van der Waals surface area (Å²) in [6.07, 6.45) is 6.70. The van der Waals surface area contributed by atoms with Crippen molar-refractivity contribution in [3.8, 4) is 0 Å². The van der Waals surface area contributed by atoms with Crippen LogP contribution in [0.25, 0.3) is 0 Å². The number of fused-ring (bicyclic) bond motifs is 5. The Morgan fingerprint density at radius 3 is 2.45 bits per heavy atom. The van der Waals surface area contributed by atoms with E-state index in [1.807, 2.05) is 6.92 Å². The Hall–Kier alpha value is -2.79. The van der Waals surface area contributed by atoms with Crippen molar-refractivity contribution in [3.05, 3.63) is 11.6 Å². The minimum Gasteiger partial charge on any atom is -0.458 e. The number of cyclic esters (lactones) is 1. The largest absolute Gasteiger partial charge is 0.458 e. The Labute approximate surface area is 245 Å². The van der Waals surface area contributed by atoms with Crippen molar-refractivity contribution in [1.82, 2.24) is 10.4 Å². The summed E-state index contributed by atoms with van der Waals surface area (Å²) in [4.78, 5) is 64.7. The molecule has 2 aliphatic heterocycles. The number of ether oxygens (including phenoxy) is 1. The smallest absolute Gasteiger partial charge is 0.333 e. The van der Waals surface area contributed by atoms with Crippen LogP contribution < -0.4 is 5.32 Å². The fraction of sp³-hybridized carbons (Fsp3) is 0.774. The highest BCUT2D eigenvalue weighted by Crippen LogP contribution is 2.69. The lowest BCUT2D eigenvalue weighted by molar-refractivity contribution is -0.243. The second-order valence-corrected chi connectivity index (χ2v) is 14.0. The fourth-order valence-corrected chi connectivity index (χ4v) is 9.84. The SMILES string of the molecule is CC12C(O)C[C@H]3[C@@H](CC[C@@H]4C[C@@H](NC(=O)CCC(=O)ON5C(=O)CCC5=O)CC[C@@]43C)[C@@]1(O)CCC2C1=CC(=O)OC1. The van der Waals surface area contributed by atoms with Crippen LogP contribution in [0.1, 0.15) is 90.9 Å². The second kappa shape index (κ2) is 10.4. The van der Waals surface area contributed by atoms with Gasteiger partial charge in [0.1, 0.15) is 6.61 Å². The lowest BCUT2D eigenvalue weighted by Crippen LogP contribution is -2.67. The number of carbonyl (C=O) groups is 5. The first-order valence-corrected chi connectivity index (χ1v) is 15.5. The Balaban J connectivity index is 1.07. The number of amides is 3. The molecule has 230 valence electrons. The molecule has 4 aliphatic carbocycles. The number of rotatable bonds is 6. The van der Waals surface area contributed by atoms with Crippen LogP contribution >= 0.6 is 0 Å². The molecule has 0 spiro atoms. The molecule has 0 aromatic heterocycles. The summed E-state index contributed by atoms with van der Waals surface area (Å²) >= 11 is 0. The Morgan fingerprint density at radius 1 is 1.02 bits per heavy atom. The molecule has 3 unspecified atom stereocenters. The quantitative estimate of drug-likeness (QED) is 0.313. The van der Waals surface area contributed by atoms with Crippen LogP contribution in [0.5, 0.6) is 0 Å². The van der Waals surface area contributed by atoms with E-state index >= 15 is 0 Å². The van der Waals surface area contributed by atoms with Gasteiger partial charge in [-0.15, -0.1) is 5.06 Å². The molecule has 0 bridgehead atoms. The number of nitrogens with one attached hydrogen (secondary N) is 1. The summed E-state index contributed by atoms with van der Waals surface area (Å²) in [6.45, 7) is 4.54. The first-order valence-electron chi connectivity index (χ1n) is 15.5. The zero-order chi connectivity index (χ0) is 30.0. The zero-order valence-corrected chi connectivity index (χ0v) is 24.4. The van der Waals surface area contributed by atoms with Gasteiger partial charge in [0.2, 0.25) is 5.91 Å². The summed E-state index contributed by atoms with van der Waals surface area (Å²) in [7, 11) is 0. The van der Waals surface area contributed by atoms with Crippen LogP contribution in [0.3, 0.4) is 0 Å². The van der Waals surface area contributed by atoms with Crippen LogP contribution in [0.4, 0.5) is 0 Å². The van der Waals surface area contributed by atoms with Gasteiger partial charge in [0.15, 0.2) is 0 Å². The second-order valence-electron chi connectivity index (χ2n) is 14.0. The van der Waals surface area contributed by atoms with Crippen molar-refractivity contribution < 1.29 is 43.8 Å². The molecule has 0 aromatic carbocycles. The zero-order valence-electron chi connectivity index (χ0n) is 24.4. The van der Waals surface area contributed by atoms with E-state index < -0.39 is 34.9 Å². The van der Waals surface area contributed by atoms with E-state index in [0.717, 1.165) is 44.1 Å². The molecule has 9 atom stereocenters. The van der Waals surface area contributed by atoms with Gasteiger partial charge in [0, 0.05) is 36.8 Å². The number of hydroxylamine groups is 2. The average Bonchev–Trinajstić information content (AvgIpc) is 3.60. The molecular weight excluding hydrogens is 544 g/mol. The van der Waals surface area contributed by atoms with E-state index in [2.05, 4.69) is 12.2 Å². The molecule has 0 radical (unpaired) electrons. The van der Waals surface area contributed by atoms with Gasteiger partial charge in [-0.25, -0.2) is 9.59 Å². The molecular formula is C31H42N2O9. The molecule has 1 saturated heterocycles. The first kappa shape index (κ1) is 29.3. The third-order valence-corrected chi connectivity index (χ3v) is 12.2. The van der Waals surface area contributed by atoms with E-state index in [4.69, 9.17) is 9.57 Å². The topological polar surface area (TPSA) is 160 Å². The monoisotopic (exact) mass is 586 g/mol. The maximum Gasteiger partial charge on any atom is 0.333 e. The van der Waals surface area contributed by atoms with Gasteiger partial charge in [-0.1, -0.05) is 13.8 Å². The minimum absolute atomic E-state index is 0.0178. The fourth-order valence-electron chi connectivity index (χ4n) is 9.84. The highest BCUT2D eigenvalue weighted by molar-refractivity contribution is 6.01. The van der Waals surface area contributed by atoms with Crippen molar-refractivity contribution in [1.29, 1.82) is 0 Å². The average molecular weight is 587 g/mol. The summed E-state index contributed by atoms with van der Waals surface area (Å²) < 4.78 is 5.19. The highest BCUT2D eigenvalue weighted by atomic mass is 16.7. The highest BCUT2D eigenvalue weighted by Gasteiger charge is 2.70. The summed E-state index contributed by atoms with van der Waals surface area (Å²) in [5, 5.41) is 27.6. The van der Waals surface area contributed by atoms with E-state index in [-0.39, 0.29) is 73.4 Å². The minimum atomic E-state index is -1.02. The molecule has 11 heteroatoms. The first-order chi connectivity index (χ1) is 19.9. The molecule has 5 fully saturated rings. The Kier molecular flexibility index (Phi) is 7.28. The van der Waals surface area contributed by atoms with Crippen molar-refractivity contribution in [2.45, 2.75) is 109 Å². The van der Waals surface area contributed by atoms with E-state index in [0.29, 0.717) is 23.8 Å². The number of imide groups is 1. The van der Waals surface area contributed by atoms with E-state index in [1.54, 1.807) is 6.08 Å². The molecule has 11 nitrogen and oxygen atoms in total. The molecule has 42 heavy (non-hydrogen) atoms. The molecule has 6 aliphatic rings. The predicted octanol–water partition coefficient (Wildman–Crippen LogP) is 2.09. The van der Waals surface area contributed by atoms with Gasteiger partial charge >= 0.3 is 11.9 Å². The van der Waals surface area contributed by atoms with Gasteiger partial charge in [0.05, 0.1) is 18.1 Å². The van der Waals surface area contributed by atoms with Crippen LogP contribution in [0.15, 0.2) is 11.6 Å². The van der Waals surface area contributed by atoms with Crippen LogP contribution in [0.2, 0.25) is 0 Å². The predicted molar refractivity (Wildman–Crippen MR) is 145 cm³/mol. The number of hydrogen-bond donors (Lipinski definition) is 3. The van der Waals surface area contributed by atoms with Gasteiger partial charge in [0.25, 0.3) is 11.8 Å². The number of hydrogen-bond acceptors (Lipinski definition) is 9. The summed E-state index contributed by atoms with van der Waals surface area (Å²) in [6, 6.07) is -0.0329. The maximum atomic E-state index is 12.7. The van der Waals surface area contributed by atoms with E-state index in [9.17, 15) is 34.2 Å². The summed E-state index contributed by atoms with van der Waals surface area (Å²) in [5.41, 5.74) is -0.952. The normalized spacial score (nSPS) is 42.8. The lowest BCUT2D eigenvalue weighted by atomic mass is 9.42. The molecule has 2 heterocycles. The van der Waals surface area contributed by atoms with Crippen LogP contribution in [0, 0.1) is 34.5 Å². The molecule has 0 aromatic rings. The third-order valence-electron chi connectivity index (χ3n) is 12.2. The van der Waals surface area contributed by atoms with Gasteiger partial charge in [-0.2, -0.15) is 0 Å². The number of aliphatic hydroxyl groups is 2. The lowest BCUT2D eigenvalue weighted by Gasteiger charge is -2.65.